The van der Waals surface area contributed by atoms with Crippen molar-refractivity contribution in [3.63, 3.8) is 0 Å². The molecule has 188 valence electrons. The molecule has 1 saturated heterocycles. The van der Waals surface area contributed by atoms with Gasteiger partial charge in [-0.3, -0.25) is 9.69 Å². The number of morpholine rings is 1. The lowest BCUT2D eigenvalue weighted by atomic mass is 10.1. The normalized spacial score (nSPS) is 14.9. The van der Waals surface area contributed by atoms with Gasteiger partial charge in [-0.25, -0.2) is 9.98 Å². The van der Waals surface area contributed by atoms with Crippen molar-refractivity contribution < 1.29 is 9.47 Å². The summed E-state index contributed by atoms with van der Waals surface area (Å²) in [5.74, 6) is 1.26. The first-order chi connectivity index (χ1) is 17.4. The molecule has 4 rings (SSSR count). The van der Waals surface area contributed by atoms with Crippen molar-refractivity contribution >= 4 is 34.1 Å². The predicted molar refractivity (Wildman–Crippen MR) is 143 cm³/mol. The molecule has 0 unspecified atom stereocenters. The summed E-state index contributed by atoms with van der Waals surface area (Å²) in [6.45, 7) is 8.31. The predicted octanol–water partition coefficient (Wildman–Crippen LogP) is 2.19. The van der Waals surface area contributed by atoms with Crippen LogP contribution >= 0.6 is 0 Å². The van der Waals surface area contributed by atoms with Crippen molar-refractivity contribution in [2.24, 2.45) is 23.5 Å². The standard InChI is InChI=1S/C26H31N7O3/c1-18(28)29-17-20(16-27)23-14-19-6-7-32(2)26(34)24(19)25(31-23)30-21-4-3-5-22(15-21)36-13-10-33-8-11-35-12-9-33/h3-7,14-17H,1,8-13,27-28H2,2H3,(H,30,31)/b20-16+,29-17?. The minimum absolute atomic E-state index is 0.146. The van der Waals surface area contributed by atoms with Gasteiger partial charge in [0.25, 0.3) is 5.56 Å². The van der Waals surface area contributed by atoms with Crippen LogP contribution in [-0.4, -0.2) is 60.1 Å². The van der Waals surface area contributed by atoms with Crippen LogP contribution in [0.5, 0.6) is 5.75 Å². The summed E-state index contributed by atoms with van der Waals surface area (Å²) in [4.78, 5) is 24.1. The second-order valence-electron chi connectivity index (χ2n) is 8.38. The molecule has 3 aromatic rings. The van der Waals surface area contributed by atoms with E-state index in [0.717, 1.165) is 44.3 Å². The summed E-state index contributed by atoms with van der Waals surface area (Å²) >= 11 is 0. The van der Waals surface area contributed by atoms with E-state index in [1.807, 2.05) is 30.3 Å². The molecule has 10 nitrogen and oxygen atoms in total. The molecule has 0 atom stereocenters. The highest BCUT2D eigenvalue weighted by Crippen LogP contribution is 2.27. The van der Waals surface area contributed by atoms with E-state index in [9.17, 15) is 4.79 Å². The van der Waals surface area contributed by atoms with Gasteiger partial charge in [0.1, 0.15) is 24.0 Å². The summed E-state index contributed by atoms with van der Waals surface area (Å²) in [7, 11) is 1.70. The van der Waals surface area contributed by atoms with Gasteiger partial charge in [-0.2, -0.15) is 0 Å². The molecule has 1 aromatic carbocycles. The molecule has 5 N–H and O–H groups in total. The lowest BCUT2D eigenvalue weighted by molar-refractivity contribution is 0.0322. The minimum Gasteiger partial charge on any atom is -0.492 e. The van der Waals surface area contributed by atoms with Gasteiger partial charge in [0, 0.05) is 62.6 Å². The van der Waals surface area contributed by atoms with E-state index in [2.05, 4.69) is 21.8 Å². The van der Waals surface area contributed by atoms with Crippen LogP contribution in [0.1, 0.15) is 5.69 Å². The number of ether oxygens (including phenoxy) is 2. The van der Waals surface area contributed by atoms with Gasteiger partial charge in [0.05, 0.1) is 24.3 Å². The molecule has 10 heteroatoms. The number of nitrogens with two attached hydrogens (primary N) is 2. The van der Waals surface area contributed by atoms with E-state index in [0.29, 0.717) is 34.5 Å². The number of allylic oxidation sites excluding steroid dienone is 1. The number of rotatable bonds is 9. The zero-order valence-corrected chi connectivity index (χ0v) is 20.3. The van der Waals surface area contributed by atoms with Crippen molar-refractivity contribution in [3.8, 4) is 5.75 Å². The Bertz CT molecular complexity index is 1360. The van der Waals surface area contributed by atoms with E-state index < -0.39 is 0 Å². The zero-order valence-electron chi connectivity index (χ0n) is 20.3. The van der Waals surface area contributed by atoms with Crippen LogP contribution < -0.4 is 27.1 Å². The number of anilines is 2. The maximum absolute atomic E-state index is 13.0. The van der Waals surface area contributed by atoms with Crippen LogP contribution in [0.25, 0.3) is 16.3 Å². The third-order valence-electron chi connectivity index (χ3n) is 5.78. The van der Waals surface area contributed by atoms with Gasteiger partial charge >= 0.3 is 0 Å². The first kappa shape index (κ1) is 25.0. The van der Waals surface area contributed by atoms with Crippen molar-refractivity contribution in [3.05, 3.63) is 77.2 Å². The zero-order chi connectivity index (χ0) is 25.5. The fraction of sp³-hybridized carbons (Fsp3) is 0.269. The number of aromatic nitrogens is 2. The van der Waals surface area contributed by atoms with Crippen LogP contribution in [0.4, 0.5) is 11.5 Å². The van der Waals surface area contributed by atoms with Crippen LogP contribution in [0, 0.1) is 0 Å². The Kier molecular flexibility index (Phi) is 7.99. The summed E-state index contributed by atoms with van der Waals surface area (Å²) in [5, 5.41) is 4.46. The SMILES string of the molecule is C=C(N)N=C/C(=C\N)c1cc2ccn(C)c(=O)c2c(Nc2cccc(OCCN3CCOCC3)c2)n1. The average molecular weight is 490 g/mol. The fourth-order valence-corrected chi connectivity index (χ4v) is 3.86. The molecule has 0 spiro atoms. The van der Waals surface area contributed by atoms with E-state index in [-0.39, 0.29) is 11.4 Å². The van der Waals surface area contributed by atoms with E-state index >= 15 is 0 Å². The van der Waals surface area contributed by atoms with Crippen LogP contribution in [0.3, 0.4) is 0 Å². The maximum atomic E-state index is 13.0. The highest BCUT2D eigenvalue weighted by atomic mass is 16.5. The number of hydrogen-bond donors (Lipinski definition) is 3. The third-order valence-corrected chi connectivity index (χ3v) is 5.78. The van der Waals surface area contributed by atoms with Gasteiger partial charge in [0.15, 0.2) is 0 Å². The molecule has 0 radical (unpaired) electrons. The number of benzene rings is 1. The molecule has 1 fully saturated rings. The Labute approximate surface area is 209 Å². The van der Waals surface area contributed by atoms with Crippen molar-refractivity contribution in [1.82, 2.24) is 14.5 Å². The summed E-state index contributed by atoms with van der Waals surface area (Å²) in [6, 6.07) is 11.2. The second-order valence-corrected chi connectivity index (χ2v) is 8.38. The fourth-order valence-electron chi connectivity index (χ4n) is 3.86. The number of fused-ring (bicyclic) bond motifs is 1. The van der Waals surface area contributed by atoms with Crippen molar-refractivity contribution in [1.29, 1.82) is 0 Å². The number of nitrogens with zero attached hydrogens (tertiary/aromatic N) is 4. The van der Waals surface area contributed by atoms with Gasteiger partial charge in [-0.1, -0.05) is 12.6 Å². The molecule has 0 amide bonds. The molecule has 0 bridgehead atoms. The highest BCUT2D eigenvalue weighted by molar-refractivity contribution is 6.10. The largest absolute Gasteiger partial charge is 0.492 e. The van der Waals surface area contributed by atoms with Crippen LogP contribution in [0.2, 0.25) is 0 Å². The summed E-state index contributed by atoms with van der Waals surface area (Å²) in [5.41, 5.74) is 13.0. The molecular formula is C26H31N7O3. The third kappa shape index (κ3) is 6.09. The first-order valence-electron chi connectivity index (χ1n) is 11.7. The van der Waals surface area contributed by atoms with Crippen LogP contribution in [-0.2, 0) is 11.8 Å². The van der Waals surface area contributed by atoms with Gasteiger partial charge in [0.2, 0.25) is 0 Å². The monoisotopic (exact) mass is 489 g/mol. The van der Waals surface area contributed by atoms with E-state index in [1.54, 1.807) is 19.3 Å². The number of aryl methyl sites for hydroxylation is 1. The molecule has 3 heterocycles. The Hall–Kier alpha value is -4.15. The molecular weight excluding hydrogens is 458 g/mol. The molecule has 0 saturated carbocycles. The molecule has 2 aromatic heterocycles. The number of nitrogens with one attached hydrogen (secondary N) is 1. The lowest BCUT2D eigenvalue weighted by Gasteiger charge is -2.26. The molecule has 36 heavy (non-hydrogen) atoms. The van der Waals surface area contributed by atoms with E-state index in [1.165, 1.54) is 17.0 Å². The van der Waals surface area contributed by atoms with E-state index in [4.69, 9.17) is 25.9 Å². The number of hydrogen-bond acceptors (Lipinski definition) is 9. The van der Waals surface area contributed by atoms with Gasteiger partial charge < -0.3 is 30.8 Å². The lowest BCUT2D eigenvalue weighted by Crippen LogP contribution is -2.38. The molecule has 1 aliphatic rings. The highest BCUT2D eigenvalue weighted by Gasteiger charge is 2.14. The minimum atomic E-state index is -0.172. The second kappa shape index (κ2) is 11.5. The number of pyridine rings is 2. The summed E-state index contributed by atoms with van der Waals surface area (Å²) < 4.78 is 12.9. The Morgan fingerprint density at radius 1 is 1.31 bits per heavy atom. The molecule has 0 aliphatic carbocycles. The van der Waals surface area contributed by atoms with Crippen molar-refractivity contribution in [2.45, 2.75) is 0 Å². The average Bonchev–Trinajstić information content (AvgIpc) is 2.87. The Morgan fingerprint density at radius 2 is 2.11 bits per heavy atom. The van der Waals surface area contributed by atoms with Gasteiger partial charge in [-0.15, -0.1) is 0 Å². The Morgan fingerprint density at radius 3 is 2.86 bits per heavy atom. The maximum Gasteiger partial charge on any atom is 0.261 e. The quantitative estimate of drug-likeness (QED) is 0.390. The van der Waals surface area contributed by atoms with Crippen LogP contribution in [0.15, 0.2) is 71.0 Å². The van der Waals surface area contributed by atoms with Gasteiger partial charge in [-0.05, 0) is 29.7 Å². The van der Waals surface area contributed by atoms with Crippen molar-refractivity contribution in [2.75, 3.05) is 44.8 Å². The number of aliphatic imine (C=N–C) groups is 1. The Balaban J connectivity index is 1.62. The molecule has 1 aliphatic heterocycles. The first-order valence-corrected chi connectivity index (χ1v) is 11.7. The topological polar surface area (TPSA) is 133 Å². The smallest absolute Gasteiger partial charge is 0.261 e. The summed E-state index contributed by atoms with van der Waals surface area (Å²) in [6.07, 6.45) is 4.58.